The minimum atomic E-state index is 0.785. The maximum absolute atomic E-state index is 4.35. The van der Waals surface area contributed by atoms with Crippen LogP contribution in [0.25, 0.3) is 0 Å². The van der Waals surface area contributed by atoms with E-state index in [0.29, 0.717) is 0 Å². The van der Waals surface area contributed by atoms with E-state index in [1.54, 1.807) is 0 Å². The molecule has 0 atom stereocenters. The van der Waals surface area contributed by atoms with Crippen molar-refractivity contribution in [2.24, 2.45) is 7.05 Å². The summed E-state index contributed by atoms with van der Waals surface area (Å²) < 4.78 is 3.15. The van der Waals surface area contributed by atoms with Crippen molar-refractivity contribution in [1.82, 2.24) is 14.9 Å². The van der Waals surface area contributed by atoms with Crippen molar-refractivity contribution in [3.8, 4) is 0 Å². The SMILES string of the molecule is CNCc1ccc(N(C)Cc2nccn2C)c(Br)c1. The summed E-state index contributed by atoms with van der Waals surface area (Å²) in [5.41, 5.74) is 2.44. The Hall–Kier alpha value is -1.33. The first kappa shape index (κ1) is 14.1. The van der Waals surface area contributed by atoms with Crippen LogP contribution in [-0.2, 0) is 20.1 Å². The van der Waals surface area contributed by atoms with E-state index < -0.39 is 0 Å². The molecule has 0 fully saturated rings. The standard InChI is InChI=1S/C14H19BrN4/c1-16-9-11-4-5-13(12(15)8-11)19(3)10-14-17-6-7-18(14)2/h4-8,16H,9-10H2,1-3H3. The molecule has 0 spiro atoms. The lowest BCUT2D eigenvalue weighted by Crippen LogP contribution is -2.19. The predicted octanol–water partition coefficient (Wildman–Crippen LogP) is 2.54. The first-order valence-electron chi connectivity index (χ1n) is 6.22. The Balaban J connectivity index is 2.15. The second-order valence-corrected chi connectivity index (χ2v) is 5.48. The normalized spacial score (nSPS) is 10.7. The first-order chi connectivity index (χ1) is 9.11. The molecule has 19 heavy (non-hydrogen) atoms. The van der Waals surface area contributed by atoms with E-state index >= 15 is 0 Å². The second-order valence-electron chi connectivity index (χ2n) is 4.63. The minimum absolute atomic E-state index is 0.785. The van der Waals surface area contributed by atoms with E-state index in [2.05, 4.69) is 56.4 Å². The van der Waals surface area contributed by atoms with E-state index in [4.69, 9.17) is 0 Å². The van der Waals surface area contributed by atoms with Crippen LogP contribution in [0.3, 0.4) is 0 Å². The van der Waals surface area contributed by atoms with E-state index in [-0.39, 0.29) is 0 Å². The molecule has 0 aliphatic rings. The summed E-state index contributed by atoms with van der Waals surface area (Å²) >= 11 is 3.64. The Morgan fingerprint density at radius 2 is 2.21 bits per heavy atom. The first-order valence-corrected chi connectivity index (χ1v) is 7.01. The summed E-state index contributed by atoms with van der Waals surface area (Å²) in [6.07, 6.45) is 3.79. The molecule has 102 valence electrons. The van der Waals surface area contributed by atoms with Crippen LogP contribution in [0.4, 0.5) is 5.69 Å². The van der Waals surface area contributed by atoms with E-state index in [1.807, 2.05) is 31.1 Å². The molecule has 0 aliphatic carbocycles. The van der Waals surface area contributed by atoms with Gasteiger partial charge in [-0.2, -0.15) is 0 Å². The number of halogens is 1. The quantitative estimate of drug-likeness (QED) is 0.918. The van der Waals surface area contributed by atoms with Crippen molar-refractivity contribution < 1.29 is 0 Å². The third kappa shape index (κ3) is 3.36. The summed E-state index contributed by atoms with van der Waals surface area (Å²) in [6, 6.07) is 6.44. The van der Waals surface area contributed by atoms with Gasteiger partial charge in [0.15, 0.2) is 0 Å². The van der Waals surface area contributed by atoms with Gasteiger partial charge in [0.05, 0.1) is 12.2 Å². The molecule has 0 saturated carbocycles. The minimum Gasteiger partial charge on any atom is -0.366 e. The van der Waals surface area contributed by atoms with Gasteiger partial charge in [-0.15, -0.1) is 0 Å². The van der Waals surface area contributed by atoms with Crippen molar-refractivity contribution in [2.45, 2.75) is 13.1 Å². The highest BCUT2D eigenvalue weighted by molar-refractivity contribution is 9.10. The van der Waals surface area contributed by atoms with Gasteiger partial charge in [-0.1, -0.05) is 6.07 Å². The lowest BCUT2D eigenvalue weighted by Gasteiger charge is -2.21. The van der Waals surface area contributed by atoms with Crippen molar-refractivity contribution in [2.75, 3.05) is 19.0 Å². The zero-order valence-corrected chi connectivity index (χ0v) is 13.1. The number of hydrogen-bond donors (Lipinski definition) is 1. The van der Waals surface area contributed by atoms with Crippen LogP contribution < -0.4 is 10.2 Å². The maximum atomic E-state index is 4.35. The van der Waals surface area contributed by atoms with Crippen LogP contribution in [-0.4, -0.2) is 23.6 Å². The van der Waals surface area contributed by atoms with Crippen LogP contribution in [0.1, 0.15) is 11.4 Å². The molecule has 4 nitrogen and oxygen atoms in total. The smallest absolute Gasteiger partial charge is 0.127 e. The number of rotatable bonds is 5. The Morgan fingerprint density at radius 3 is 2.79 bits per heavy atom. The number of aryl methyl sites for hydroxylation is 1. The van der Waals surface area contributed by atoms with Gasteiger partial charge in [-0.05, 0) is 40.7 Å². The van der Waals surface area contributed by atoms with Gasteiger partial charge < -0.3 is 14.8 Å². The highest BCUT2D eigenvalue weighted by atomic mass is 79.9. The molecule has 1 heterocycles. The zero-order chi connectivity index (χ0) is 13.8. The van der Waals surface area contributed by atoms with Gasteiger partial charge in [-0.3, -0.25) is 0 Å². The average molecular weight is 323 g/mol. The number of benzene rings is 1. The van der Waals surface area contributed by atoms with Crippen molar-refractivity contribution >= 4 is 21.6 Å². The van der Waals surface area contributed by atoms with Gasteiger partial charge in [0.1, 0.15) is 5.82 Å². The Bertz CT molecular complexity index is 550. The van der Waals surface area contributed by atoms with Crippen LogP contribution in [0.15, 0.2) is 35.1 Å². The lowest BCUT2D eigenvalue weighted by molar-refractivity contribution is 0.760. The summed E-state index contributed by atoms with van der Waals surface area (Å²) in [5, 5.41) is 3.16. The third-order valence-electron chi connectivity index (χ3n) is 3.10. The molecule has 2 rings (SSSR count). The Labute approximate surface area is 122 Å². The van der Waals surface area contributed by atoms with Gasteiger partial charge in [-0.25, -0.2) is 4.98 Å². The number of aromatic nitrogens is 2. The highest BCUT2D eigenvalue weighted by Gasteiger charge is 2.09. The summed E-state index contributed by atoms with van der Waals surface area (Å²) in [6.45, 7) is 1.66. The predicted molar refractivity (Wildman–Crippen MR) is 82.2 cm³/mol. The Morgan fingerprint density at radius 1 is 1.42 bits per heavy atom. The zero-order valence-electron chi connectivity index (χ0n) is 11.5. The number of hydrogen-bond acceptors (Lipinski definition) is 3. The number of imidazole rings is 1. The molecular weight excluding hydrogens is 304 g/mol. The van der Waals surface area contributed by atoms with Crippen LogP contribution in [0.2, 0.25) is 0 Å². The van der Waals surface area contributed by atoms with Crippen molar-refractivity contribution in [3.05, 3.63) is 46.5 Å². The second kappa shape index (κ2) is 6.21. The summed E-state index contributed by atoms with van der Waals surface area (Å²) in [4.78, 5) is 6.54. The topological polar surface area (TPSA) is 33.1 Å². The third-order valence-corrected chi connectivity index (χ3v) is 3.74. The fourth-order valence-corrected chi connectivity index (χ4v) is 2.75. The highest BCUT2D eigenvalue weighted by Crippen LogP contribution is 2.27. The molecule has 1 N–H and O–H groups in total. The fraction of sp³-hybridized carbons (Fsp3) is 0.357. The molecule has 0 radical (unpaired) electrons. The largest absolute Gasteiger partial charge is 0.366 e. The van der Waals surface area contributed by atoms with E-state index in [1.165, 1.54) is 11.3 Å². The van der Waals surface area contributed by atoms with E-state index in [0.717, 1.165) is 23.4 Å². The van der Waals surface area contributed by atoms with Crippen LogP contribution in [0.5, 0.6) is 0 Å². The lowest BCUT2D eigenvalue weighted by atomic mass is 10.2. The molecule has 0 unspecified atom stereocenters. The number of nitrogens with zero attached hydrogens (tertiary/aromatic N) is 3. The van der Waals surface area contributed by atoms with Crippen molar-refractivity contribution in [3.63, 3.8) is 0 Å². The maximum Gasteiger partial charge on any atom is 0.127 e. The number of anilines is 1. The molecular formula is C14H19BrN4. The summed E-state index contributed by atoms with van der Waals surface area (Å²) in [5.74, 6) is 1.05. The van der Waals surface area contributed by atoms with Crippen molar-refractivity contribution in [1.29, 1.82) is 0 Å². The molecule has 0 saturated heterocycles. The van der Waals surface area contributed by atoms with E-state index in [9.17, 15) is 0 Å². The van der Waals surface area contributed by atoms with Crippen LogP contribution in [0, 0.1) is 0 Å². The molecule has 0 aliphatic heterocycles. The molecule has 0 amide bonds. The monoisotopic (exact) mass is 322 g/mol. The Kier molecular flexibility index (Phi) is 4.61. The molecule has 0 bridgehead atoms. The molecule has 1 aromatic carbocycles. The molecule has 2 aromatic rings. The van der Waals surface area contributed by atoms with Gasteiger partial charge >= 0.3 is 0 Å². The summed E-state index contributed by atoms with van der Waals surface area (Å²) in [7, 11) is 6.04. The average Bonchev–Trinajstić information content (AvgIpc) is 2.75. The fourth-order valence-electron chi connectivity index (χ4n) is 2.02. The van der Waals surface area contributed by atoms with Gasteiger partial charge in [0.25, 0.3) is 0 Å². The van der Waals surface area contributed by atoms with Crippen LogP contribution >= 0.6 is 15.9 Å². The molecule has 5 heteroatoms. The molecule has 1 aromatic heterocycles. The number of nitrogens with one attached hydrogen (secondary N) is 1. The van der Waals surface area contributed by atoms with Gasteiger partial charge in [0, 0.05) is 37.5 Å². The van der Waals surface area contributed by atoms with Gasteiger partial charge in [0.2, 0.25) is 0 Å².